The number of H-pyrrole nitrogens is 1. The first kappa shape index (κ1) is 11.8. The molecule has 0 atom stereocenters. The van der Waals surface area contributed by atoms with Gasteiger partial charge in [-0.05, 0) is 25.7 Å². The number of rotatable bonds is 3. The molecule has 1 amide bonds. The van der Waals surface area contributed by atoms with Crippen LogP contribution in [0, 0.1) is 0 Å². The third-order valence-electron chi connectivity index (χ3n) is 3.39. The van der Waals surface area contributed by atoms with E-state index in [0.717, 1.165) is 31.5 Å². The smallest absolute Gasteiger partial charge is 0.291 e. The highest BCUT2D eigenvalue weighted by Gasteiger charge is 2.28. The highest BCUT2D eigenvalue weighted by Crippen LogP contribution is 2.37. The number of carbonyl (C=O) groups excluding carboxylic acids is 1. The van der Waals surface area contributed by atoms with Crippen LogP contribution in [0.15, 0.2) is 0 Å². The van der Waals surface area contributed by atoms with E-state index in [1.807, 2.05) is 0 Å². The Balaban J connectivity index is 1.58. The number of nitrogens with zero attached hydrogens (tertiary/aromatic N) is 2. The van der Waals surface area contributed by atoms with Crippen LogP contribution in [0.1, 0.15) is 48.0 Å². The Morgan fingerprint density at radius 1 is 1.28 bits per heavy atom. The Morgan fingerprint density at radius 2 is 2.00 bits per heavy atom. The first-order valence-corrected chi connectivity index (χ1v) is 7.79. The average Bonchev–Trinajstić information content (AvgIpc) is 3.10. The van der Waals surface area contributed by atoms with Gasteiger partial charge in [-0.15, -0.1) is 5.10 Å². The molecule has 6 nitrogen and oxygen atoms in total. The summed E-state index contributed by atoms with van der Waals surface area (Å²) in [5.74, 6) is 2.64. The summed E-state index contributed by atoms with van der Waals surface area (Å²) >= 11 is 0. The summed E-state index contributed by atoms with van der Waals surface area (Å²) in [6, 6.07) is 0.109. The van der Waals surface area contributed by atoms with Crippen LogP contribution in [-0.2, 0) is 10.8 Å². The van der Waals surface area contributed by atoms with Crippen LogP contribution < -0.4 is 5.32 Å². The minimum atomic E-state index is -0.703. The van der Waals surface area contributed by atoms with Gasteiger partial charge >= 0.3 is 0 Å². The van der Waals surface area contributed by atoms with Crippen LogP contribution in [0.2, 0.25) is 0 Å². The van der Waals surface area contributed by atoms with Gasteiger partial charge in [-0.2, -0.15) is 0 Å². The third kappa shape index (κ3) is 2.60. The lowest BCUT2D eigenvalue weighted by atomic mass is 10.1. The molecule has 3 rings (SSSR count). The lowest BCUT2D eigenvalue weighted by Crippen LogP contribution is -2.40. The minimum Gasteiger partial charge on any atom is -0.346 e. The molecule has 0 aromatic carbocycles. The molecule has 2 aliphatic rings. The fourth-order valence-electron chi connectivity index (χ4n) is 2.10. The second-order valence-corrected chi connectivity index (χ2v) is 6.61. The van der Waals surface area contributed by atoms with Crippen molar-refractivity contribution in [3.63, 3.8) is 0 Å². The fraction of sp³-hybridized carbons (Fsp3) is 0.727. The van der Waals surface area contributed by atoms with Gasteiger partial charge in [-0.1, -0.05) is 0 Å². The Kier molecular flexibility index (Phi) is 3.15. The van der Waals surface area contributed by atoms with Gasteiger partial charge in [0.2, 0.25) is 5.82 Å². The quantitative estimate of drug-likeness (QED) is 0.826. The van der Waals surface area contributed by atoms with Crippen molar-refractivity contribution in [3.8, 4) is 0 Å². The van der Waals surface area contributed by atoms with Gasteiger partial charge in [0, 0.05) is 34.3 Å². The van der Waals surface area contributed by atoms with Crippen LogP contribution in [-0.4, -0.2) is 42.8 Å². The maximum Gasteiger partial charge on any atom is 0.291 e. The SMILES string of the molecule is O=C(NC1CCS(=O)CC1)c1n[nH]c(C2CC2)n1. The van der Waals surface area contributed by atoms with Crippen molar-refractivity contribution < 1.29 is 9.00 Å². The van der Waals surface area contributed by atoms with Crippen molar-refractivity contribution >= 4 is 16.7 Å². The Labute approximate surface area is 107 Å². The molecule has 1 aromatic heterocycles. The van der Waals surface area contributed by atoms with Crippen molar-refractivity contribution in [1.29, 1.82) is 0 Å². The van der Waals surface area contributed by atoms with E-state index in [0.29, 0.717) is 17.4 Å². The first-order valence-electron chi connectivity index (χ1n) is 6.30. The summed E-state index contributed by atoms with van der Waals surface area (Å²) in [4.78, 5) is 16.1. The van der Waals surface area contributed by atoms with E-state index in [2.05, 4.69) is 20.5 Å². The van der Waals surface area contributed by atoms with Gasteiger partial charge in [0.25, 0.3) is 5.91 Å². The molecule has 98 valence electrons. The molecule has 1 aromatic rings. The van der Waals surface area contributed by atoms with Crippen molar-refractivity contribution in [3.05, 3.63) is 11.6 Å². The van der Waals surface area contributed by atoms with Crippen molar-refractivity contribution in [2.45, 2.75) is 37.6 Å². The number of hydrogen-bond donors (Lipinski definition) is 2. The van der Waals surface area contributed by atoms with E-state index in [9.17, 15) is 9.00 Å². The van der Waals surface area contributed by atoms with Crippen molar-refractivity contribution in [2.24, 2.45) is 0 Å². The summed E-state index contributed by atoms with van der Waals surface area (Å²) in [5, 5.41) is 9.68. The van der Waals surface area contributed by atoms with E-state index in [4.69, 9.17) is 0 Å². The Hall–Kier alpha value is -1.24. The highest BCUT2D eigenvalue weighted by atomic mass is 32.2. The maximum absolute atomic E-state index is 11.9. The molecule has 1 saturated carbocycles. The monoisotopic (exact) mass is 268 g/mol. The van der Waals surface area contributed by atoms with E-state index < -0.39 is 10.8 Å². The normalized spacial score (nSPS) is 28.0. The van der Waals surface area contributed by atoms with Gasteiger partial charge in [-0.25, -0.2) is 4.98 Å². The van der Waals surface area contributed by atoms with Crippen LogP contribution in [0.4, 0.5) is 0 Å². The van der Waals surface area contributed by atoms with Crippen molar-refractivity contribution in [2.75, 3.05) is 11.5 Å². The summed E-state index contributed by atoms with van der Waals surface area (Å²) < 4.78 is 11.2. The standard InChI is InChI=1S/C11H16N4O2S/c16-11(12-8-3-5-18(17)6-4-8)10-13-9(14-15-10)7-1-2-7/h7-8H,1-6H2,(H,12,16)(H,13,14,15). The predicted octanol–water partition coefficient (Wildman–Crippen LogP) is 0.323. The Morgan fingerprint density at radius 3 is 2.67 bits per heavy atom. The molecular weight excluding hydrogens is 252 g/mol. The van der Waals surface area contributed by atoms with E-state index in [-0.39, 0.29) is 17.8 Å². The second-order valence-electron chi connectivity index (χ2n) is 4.91. The zero-order valence-electron chi connectivity index (χ0n) is 10.0. The third-order valence-corrected chi connectivity index (χ3v) is 4.78. The summed E-state index contributed by atoms with van der Waals surface area (Å²) in [7, 11) is -0.703. The number of nitrogens with one attached hydrogen (secondary N) is 2. The molecule has 0 spiro atoms. The van der Waals surface area contributed by atoms with E-state index >= 15 is 0 Å². The molecule has 2 heterocycles. The average molecular weight is 268 g/mol. The first-order chi connectivity index (χ1) is 8.72. The van der Waals surface area contributed by atoms with Crippen LogP contribution in [0.3, 0.4) is 0 Å². The molecule has 1 aliphatic heterocycles. The van der Waals surface area contributed by atoms with Gasteiger partial charge in [0.05, 0.1) is 0 Å². The lowest BCUT2D eigenvalue weighted by Gasteiger charge is -2.21. The molecule has 7 heteroatoms. The number of amides is 1. The Bertz CT molecular complexity index is 473. The predicted molar refractivity (Wildman–Crippen MR) is 66.7 cm³/mol. The zero-order chi connectivity index (χ0) is 12.5. The van der Waals surface area contributed by atoms with E-state index in [1.54, 1.807) is 0 Å². The molecular formula is C11H16N4O2S. The summed E-state index contributed by atoms with van der Waals surface area (Å²) in [5.41, 5.74) is 0. The van der Waals surface area contributed by atoms with Crippen LogP contribution in [0.25, 0.3) is 0 Å². The lowest BCUT2D eigenvalue weighted by molar-refractivity contribution is 0.0924. The van der Waals surface area contributed by atoms with Gasteiger partial charge in [0.1, 0.15) is 5.82 Å². The number of carbonyl (C=O) groups is 1. The molecule has 1 saturated heterocycles. The van der Waals surface area contributed by atoms with Crippen LogP contribution in [0.5, 0.6) is 0 Å². The van der Waals surface area contributed by atoms with Crippen LogP contribution >= 0.6 is 0 Å². The molecule has 1 aliphatic carbocycles. The summed E-state index contributed by atoms with van der Waals surface area (Å²) in [6.45, 7) is 0. The maximum atomic E-state index is 11.9. The molecule has 2 N–H and O–H groups in total. The number of aromatic nitrogens is 3. The number of aromatic amines is 1. The topological polar surface area (TPSA) is 87.7 Å². The molecule has 0 unspecified atom stereocenters. The van der Waals surface area contributed by atoms with Gasteiger partial charge < -0.3 is 5.32 Å². The fourth-order valence-corrected chi connectivity index (χ4v) is 3.40. The number of hydrogen-bond acceptors (Lipinski definition) is 4. The summed E-state index contributed by atoms with van der Waals surface area (Å²) in [6.07, 6.45) is 3.81. The second kappa shape index (κ2) is 4.79. The van der Waals surface area contributed by atoms with E-state index in [1.165, 1.54) is 0 Å². The van der Waals surface area contributed by atoms with Gasteiger partial charge in [0.15, 0.2) is 0 Å². The highest BCUT2D eigenvalue weighted by molar-refractivity contribution is 7.85. The molecule has 0 bridgehead atoms. The zero-order valence-corrected chi connectivity index (χ0v) is 10.8. The largest absolute Gasteiger partial charge is 0.346 e. The van der Waals surface area contributed by atoms with Crippen molar-refractivity contribution in [1.82, 2.24) is 20.5 Å². The van der Waals surface area contributed by atoms with Gasteiger partial charge in [-0.3, -0.25) is 14.1 Å². The molecule has 0 radical (unpaired) electrons. The molecule has 18 heavy (non-hydrogen) atoms. The molecule has 2 fully saturated rings. The minimum absolute atomic E-state index is 0.109.